The van der Waals surface area contributed by atoms with Crippen LogP contribution in [0.15, 0.2) is 23.1 Å². The standard InChI is InChI=1S/C14H23N3O2S/c1-10(11-5-3-4-6-11)17-12-7-8-14(13(15)9-12)20(18,19)16-2/h7-11,16-17H,3-6,15H2,1-2H3. The minimum absolute atomic E-state index is 0.124. The van der Waals surface area contributed by atoms with Gasteiger partial charge in [0.2, 0.25) is 10.0 Å². The van der Waals surface area contributed by atoms with Crippen LogP contribution in [-0.2, 0) is 10.0 Å². The second-order valence-corrected chi connectivity index (χ2v) is 7.29. The molecule has 2 rings (SSSR count). The summed E-state index contributed by atoms with van der Waals surface area (Å²) in [5.41, 5.74) is 6.99. The summed E-state index contributed by atoms with van der Waals surface area (Å²) in [4.78, 5) is 0.124. The highest BCUT2D eigenvalue weighted by Crippen LogP contribution is 2.30. The number of nitrogen functional groups attached to an aromatic ring is 1. The van der Waals surface area contributed by atoms with E-state index in [1.165, 1.54) is 32.7 Å². The Hall–Kier alpha value is -1.27. The Morgan fingerprint density at radius 3 is 2.50 bits per heavy atom. The number of benzene rings is 1. The van der Waals surface area contributed by atoms with Crippen molar-refractivity contribution in [3.8, 4) is 0 Å². The van der Waals surface area contributed by atoms with Crippen molar-refractivity contribution in [1.82, 2.24) is 4.72 Å². The minimum Gasteiger partial charge on any atom is -0.398 e. The Labute approximate surface area is 121 Å². The van der Waals surface area contributed by atoms with Crippen molar-refractivity contribution < 1.29 is 8.42 Å². The Kier molecular flexibility index (Phi) is 4.55. The molecular weight excluding hydrogens is 274 g/mol. The second kappa shape index (κ2) is 6.01. The monoisotopic (exact) mass is 297 g/mol. The molecular formula is C14H23N3O2S. The van der Waals surface area contributed by atoms with Gasteiger partial charge < -0.3 is 11.1 Å². The molecule has 6 heteroatoms. The average Bonchev–Trinajstić information content (AvgIpc) is 2.92. The highest BCUT2D eigenvalue weighted by Gasteiger charge is 2.22. The maximum Gasteiger partial charge on any atom is 0.242 e. The Morgan fingerprint density at radius 1 is 1.30 bits per heavy atom. The van der Waals surface area contributed by atoms with Gasteiger partial charge in [-0.15, -0.1) is 0 Å². The summed E-state index contributed by atoms with van der Waals surface area (Å²) in [5.74, 6) is 0.692. The van der Waals surface area contributed by atoms with Gasteiger partial charge in [-0.3, -0.25) is 0 Å². The summed E-state index contributed by atoms with van der Waals surface area (Å²) in [6.45, 7) is 2.17. The lowest BCUT2D eigenvalue weighted by atomic mass is 9.99. The fourth-order valence-electron chi connectivity index (χ4n) is 2.83. The maximum absolute atomic E-state index is 11.8. The normalized spacial score (nSPS) is 18.1. The SMILES string of the molecule is CNS(=O)(=O)c1ccc(NC(C)C2CCCC2)cc1N. The van der Waals surface area contributed by atoms with Crippen LogP contribution >= 0.6 is 0 Å². The fourth-order valence-corrected chi connectivity index (χ4v) is 3.67. The molecule has 1 aromatic carbocycles. The van der Waals surface area contributed by atoms with Gasteiger partial charge >= 0.3 is 0 Å². The molecule has 4 N–H and O–H groups in total. The van der Waals surface area contributed by atoms with E-state index in [0.29, 0.717) is 12.0 Å². The van der Waals surface area contributed by atoms with Crippen LogP contribution < -0.4 is 15.8 Å². The number of hydrogen-bond acceptors (Lipinski definition) is 4. The van der Waals surface area contributed by atoms with Crippen LogP contribution in [0.25, 0.3) is 0 Å². The third-order valence-corrected chi connectivity index (χ3v) is 5.56. The van der Waals surface area contributed by atoms with E-state index in [1.54, 1.807) is 18.2 Å². The molecule has 0 saturated heterocycles. The molecule has 0 radical (unpaired) electrons. The second-order valence-electron chi connectivity index (χ2n) is 5.44. The number of nitrogens with two attached hydrogens (primary N) is 1. The minimum atomic E-state index is -3.49. The first-order valence-corrected chi connectivity index (χ1v) is 8.52. The van der Waals surface area contributed by atoms with Gasteiger partial charge in [0.25, 0.3) is 0 Å². The molecule has 112 valence electrons. The van der Waals surface area contributed by atoms with E-state index in [-0.39, 0.29) is 10.6 Å². The highest BCUT2D eigenvalue weighted by molar-refractivity contribution is 7.89. The van der Waals surface area contributed by atoms with E-state index in [0.717, 1.165) is 5.69 Å². The van der Waals surface area contributed by atoms with Crippen molar-refractivity contribution in [3.05, 3.63) is 18.2 Å². The molecule has 1 aromatic rings. The van der Waals surface area contributed by atoms with Crippen molar-refractivity contribution in [3.63, 3.8) is 0 Å². The maximum atomic E-state index is 11.8. The molecule has 0 spiro atoms. The molecule has 0 heterocycles. The first-order valence-electron chi connectivity index (χ1n) is 7.03. The molecule has 5 nitrogen and oxygen atoms in total. The fraction of sp³-hybridized carbons (Fsp3) is 0.571. The van der Waals surface area contributed by atoms with Crippen LogP contribution in [-0.4, -0.2) is 21.5 Å². The van der Waals surface area contributed by atoms with Crippen molar-refractivity contribution in [2.75, 3.05) is 18.1 Å². The first-order chi connectivity index (χ1) is 9.44. The molecule has 0 aromatic heterocycles. The van der Waals surface area contributed by atoms with E-state index < -0.39 is 10.0 Å². The van der Waals surface area contributed by atoms with Crippen LogP contribution in [0.4, 0.5) is 11.4 Å². The quantitative estimate of drug-likeness (QED) is 0.727. The van der Waals surface area contributed by atoms with Gasteiger partial charge in [-0.05, 0) is 50.9 Å². The van der Waals surface area contributed by atoms with E-state index in [9.17, 15) is 8.42 Å². The van der Waals surface area contributed by atoms with Crippen molar-refractivity contribution in [2.45, 2.75) is 43.5 Å². The number of sulfonamides is 1. The molecule has 1 aliphatic rings. The smallest absolute Gasteiger partial charge is 0.242 e. The summed E-state index contributed by atoms with van der Waals surface area (Å²) >= 11 is 0. The lowest BCUT2D eigenvalue weighted by Crippen LogP contribution is -2.24. The topological polar surface area (TPSA) is 84.2 Å². The van der Waals surface area contributed by atoms with Crippen LogP contribution in [0.1, 0.15) is 32.6 Å². The number of anilines is 2. The summed E-state index contributed by atoms with van der Waals surface area (Å²) in [7, 11) is -2.11. The summed E-state index contributed by atoms with van der Waals surface area (Å²) in [6.07, 6.45) is 5.13. The van der Waals surface area contributed by atoms with E-state index in [2.05, 4.69) is 17.0 Å². The summed E-state index contributed by atoms with van der Waals surface area (Å²) < 4.78 is 25.8. The van der Waals surface area contributed by atoms with Gasteiger partial charge in [-0.2, -0.15) is 0 Å². The summed E-state index contributed by atoms with van der Waals surface area (Å²) in [6, 6.07) is 5.38. The van der Waals surface area contributed by atoms with Crippen LogP contribution in [0, 0.1) is 5.92 Å². The van der Waals surface area contributed by atoms with Gasteiger partial charge in [-0.1, -0.05) is 12.8 Å². The number of nitrogens with one attached hydrogen (secondary N) is 2. The number of rotatable bonds is 5. The zero-order valence-corrected chi connectivity index (χ0v) is 12.8. The molecule has 1 saturated carbocycles. The van der Waals surface area contributed by atoms with Gasteiger partial charge in [0.05, 0.1) is 5.69 Å². The van der Waals surface area contributed by atoms with E-state index >= 15 is 0 Å². The zero-order valence-electron chi connectivity index (χ0n) is 12.0. The molecule has 1 aliphatic carbocycles. The van der Waals surface area contributed by atoms with Gasteiger partial charge in [0.15, 0.2) is 0 Å². The third kappa shape index (κ3) is 3.24. The van der Waals surface area contributed by atoms with Gasteiger partial charge in [-0.25, -0.2) is 13.1 Å². The zero-order chi connectivity index (χ0) is 14.8. The molecule has 0 bridgehead atoms. The average molecular weight is 297 g/mol. The van der Waals surface area contributed by atoms with E-state index in [4.69, 9.17) is 5.73 Å². The molecule has 20 heavy (non-hydrogen) atoms. The van der Waals surface area contributed by atoms with Crippen molar-refractivity contribution in [2.24, 2.45) is 5.92 Å². The predicted molar refractivity (Wildman–Crippen MR) is 82.1 cm³/mol. The Morgan fingerprint density at radius 2 is 1.95 bits per heavy atom. The van der Waals surface area contributed by atoms with Crippen LogP contribution in [0.5, 0.6) is 0 Å². The largest absolute Gasteiger partial charge is 0.398 e. The lowest BCUT2D eigenvalue weighted by Gasteiger charge is -2.22. The Bertz CT molecular complexity index is 566. The molecule has 0 aliphatic heterocycles. The predicted octanol–water partition coefficient (Wildman–Crippen LogP) is 2.17. The van der Waals surface area contributed by atoms with Crippen molar-refractivity contribution >= 4 is 21.4 Å². The molecule has 0 amide bonds. The first kappa shape index (κ1) is 15.1. The Balaban J connectivity index is 2.13. The number of hydrogen-bond donors (Lipinski definition) is 3. The van der Waals surface area contributed by atoms with Crippen molar-refractivity contribution in [1.29, 1.82) is 0 Å². The van der Waals surface area contributed by atoms with Gasteiger partial charge in [0.1, 0.15) is 4.90 Å². The third-order valence-electron chi connectivity index (χ3n) is 4.07. The summed E-state index contributed by atoms with van der Waals surface area (Å²) in [5, 5.41) is 3.43. The van der Waals surface area contributed by atoms with Crippen LogP contribution in [0.3, 0.4) is 0 Å². The van der Waals surface area contributed by atoms with Gasteiger partial charge in [0, 0.05) is 11.7 Å². The molecule has 1 atom stereocenters. The molecule has 1 fully saturated rings. The van der Waals surface area contributed by atoms with Crippen LogP contribution in [0.2, 0.25) is 0 Å². The lowest BCUT2D eigenvalue weighted by molar-refractivity contribution is 0.482. The van der Waals surface area contributed by atoms with E-state index in [1.807, 2.05) is 0 Å². The molecule has 1 unspecified atom stereocenters. The highest BCUT2D eigenvalue weighted by atomic mass is 32.2.